The fraction of sp³-hybridized carbons (Fsp3) is 0.333. The Kier molecular flexibility index (Phi) is 5.34. The van der Waals surface area contributed by atoms with Crippen molar-refractivity contribution in [1.82, 2.24) is 0 Å². The fourth-order valence-corrected chi connectivity index (χ4v) is 5.85. The molecule has 0 spiro atoms. The molecule has 2 heteroatoms. The van der Waals surface area contributed by atoms with Gasteiger partial charge >= 0.3 is 0 Å². The van der Waals surface area contributed by atoms with E-state index in [0.29, 0.717) is 11.6 Å². The highest BCUT2D eigenvalue weighted by Gasteiger charge is 2.29. The molecule has 2 N–H and O–H groups in total. The summed E-state index contributed by atoms with van der Waals surface area (Å²) in [5.41, 5.74) is 6.82. The van der Waals surface area contributed by atoms with Crippen molar-refractivity contribution in [2.45, 2.75) is 32.5 Å². The molecule has 0 aliphatic heterocycles. The SMILES string of the molecule is CC(C)[C@H]([C@@H](C)N)P(c1ccccc1)c1ccccc1. The van der Waals surface area contributed by atoms with Crippen LogP contribution in [0, 0.1) is 5.92 Å². The van der Waals surface area contributed by atoms with Crippen molar-refractivity contribution in [2.75, 3.05) is 0 Å². The van der Waals surface area contributed by atoms with E-state index in [-0.39, 0.29) is 6.04 Å². The predicted octanol–water partition coefficient (Wildman–Crippen LogP) is 3.49. The molecule has 2 atom stereocenters. The number of benzene rings is 2. The molecule has 106 valence electrons. The monoisotopic (exact) mass is 285 g/mol. The van der Waals surface area contributed by atoms with Gasteiger partial charge < -0.3 is 5.73 Å². The van der Waals surface area contributed by atoms with E-state index in [1.54, 1.807) is 0 Å². The van der Waals surface area contributed by atoms with E-state index >= 15 is 0 Å². The predicted molar refractivity (Wildman–Crippen MR) is 91.3 cm³/mol. The first-order chi connectivity index (χ1) is 9.61. The normalized spacial score (nSPS) is 14.5. The van der Waals surface area contributed by atoms with Crippen LogP contribution in [0.15, 0.2) is 60.7 Å². The molecule has 0 saturated carbocycles. The largest absolute Gasteiger partial charge is 0.327 e. The van der Waals surface area contributed by atoms with Crippen LogP contribution in [0.5, 0.6) is 0 Å². The molecule has 2 rings (SSSR count). The Morgan fingerprint density at radius 2 is 1.15 bits per heavy atom. The number of hydrogen-bond donors (Lipinski definition) is 1. The Labute approximate surface area is 124 Å². The summed E-state index contributed by atoms with van der Waals surface area (Å²) in [5.74, 6) is 0.571. The lowest BCUT2D eigenvalue weighted by Gasteiger charge is -2.34. The zero-order chi connectivity index (χ0) is 14.5. The zero-order valence-corrected chi connectivity index (χ0v) is 13.4. The highest BCUT2D eigenvalue weighted by atomic mass is 31.1. The van der Waals surface area contributed by atoms with Crippen LogP contribution in [0.25, 0.3) is 0 Å². The number of rotatable bonds is 5. The highest BCUT2D eigenvalue weighted by molar-refractivity contribution is 7.73. The first-order valence-corrected chi connectivity index (χ1v) is 8.67. The maximum atomic E-state index is 6.33. The topological polar surface area (TPSA) is 26.0 Å². The second-order valence-corrected chi connectivity index (χ2v) is 8.00. The standard InChI is InChI=1S/C18H24NP/c1-14(2)18(15(3)19)20(16-10-6-4-7-11-16)17-12-8-5-9-13-17/h4-15,18H,19H2,1-3H3/t15-,18-/m1/s1. The lowest BCUT2D eigenvalue weighted by atomic mass is 10.1. The van der Waals surface area contributed by atoms with Gasteiger partial charge in [0.1, 0.15) is 0 Å². The average molecular weight is 285 g/mol. The van der Waals surface area contributed by atoms with Gasteiger partial charge in [-0.3, -0.25) is 0 Å². The minimum Gasteiger partial charge on any atom is -0.327 e. The molecule has 0 aromatic heterocycles. The zero-order valence-electron chi connectivity index (χ0n) is 12.5. The third-order valence-corrected chi connectivity index (χ3v) is 6.96. The Morgan fingerprint density at radius 3 is 1.45 bits per heavy atom. The molecular weight excluding hydrogens is 261 g/mol. The van der Waals surface area contributed by atoms with Crippen molar-refractivity contribution < 1.29 is 0 Å². The van der Waals surface area contributed by atoms with Crippen LogP contribution in [0.1, 0.15) is 20.8 Å². The molecule has 0 saturated heterocycles. The van der Waals surface area contributed by atoms with Crippen LogP contribution in [-0.4, -0.2) is 11.7 Å². The second kappa shape index (κ2) is 7.02. The van der Waals surface area contributed by atoms with Gasteiger partial charge in [-0.2, -0.15) is 0 Å². The third-order valence-electron chi connectivity index (χ3n) is 3.59. The summed E-state index contributed by atoms with van der Waals surface area (Å²) in [6.07, 6.45) is 0. The molecule has 0 bridgehead atoms. The van der Waals surface area contributed by atoms with Gasteiger partial charge in [-0.25, -0.2) is 0 Å². The lowest BCUT2D eigenvalue weighted by molar-refractivity contribution is 0.533. The van der Waals surface area contributed by atoms with Gasteiger partial charge in [-0.15, -0.1) is 0 Å². The van der Waals surface area contributed by atoms with Crippen molar-refractivity contribution in [1.29, 1.82) is 0 Å². The summed E-state index contributed by atoms with van der Waals surface area (Å²) in [6.45, 7) is 6.72. The molecule has 0 radical (unpaired) electrons. The lowest BCUT2D eigenvalue weighted by Crippen LogP contribution is -2.39. The van der Waals surface area contributed by atoms with E-state index in [9.17, 15) is 0 Å². The maximum Gasteiger partial charge on any atom is 0.00866 e. The van der Waals surface area contributed by atoms with Gasteiger partial charge in [0, 0.05) is 11.7 Å². The molecule has 0 unspecified atom stereocenters. The van der Waals surface area contributed by atoms with Gasteiger partial charge in [-0.1, -0.05) is 74.5 Å². The Hall–Kier alpha value is -1.17. The molecule has 0 fully saturated rings. The summed E-state index contributed by atoms with van der Waals surface area (Å²) < 4.78 is 0. The van der Waals surface area contributed by atoms with Crippen molar-refractivity contribution in [3.63, 3.8) is 0 Å². The first kappa shape index (κ1) is 15.2. The molecular formula is C18H24NP. The second-order valence-electron chi connectivity index (χ2n) is 5.63. The van der Waals surface area contributed by atoms with E-state index in [1.165, 1.54) is 10.6 Å². The van der Waals surface area contributed by atoms with E-state index in [4.69, 9.17) is 5.73 Å². The highest BCUT2D eigenvalue weighted by Crippen LogP contribution is 2.44. The van der Waals surface area contributed by atoms with E-state index in [0.717, 1.165) is 0 Å². The molecule has 2 aromatic rings. The van der Waals surface area contributed by atoms with E-state index < -0.39 is 7.92 Å². The molecule has 0 amide bonds. The van der Waals surface area contributed by atoms with Crippen LogP contribution in [0.4, 0.5) is 0 Å². The van der Waals surface area contributed by atoms with E-state index in [1.807, 2.05) is 0 Å². The molecule has 1 nitrogen and oxygen atoms in total. The summed E-state index contributed by atoms with van der Waals surface area (Å²) in [7, 11) is -0.418. The van der Waals surface area contributed by atoms with Gasteiger partial charge in [0.25, 0.3) is 0 Å². The van der Waals surface area contributed by atoms with Gasteiger partial charge in [-0.05, 0) is 31.4 Å². The minimum atomic E-state index is -0.418. The maximum absolute atomic E-state index is 6.33. The summed E-state index contributed by atoms with van der Waals surface area (Å²) >= 11 is 0. The number of hydrogen-bond acceptors (Lipinski definition) is 1. The molecule has 0 heterocycles. The fourth-order valence-electron chi connectivity index (χ4n) is 2.81. The minimum absolute atomic E-state index is 0.196. The van der Waals surface area contributed by atoms with E-state index in [2.05, 4.69) is 81.4 Å². The van der Waals surface area contributed by atoms with Crippen LogP contribution >= 0.6 is 7.92 Å². The van der Waals surface area contributed by atoms with Crippen molar-refractivity contribution in [2.24, 2.45) is 11.7 Å². The summed E-state index contributed by atoms with van der Waals surface area (Å²) in [4.78, 5) is 0. The summed E-state index contributed by atoms with van der Waals surface area (Å²) in [5, 5.41) is 2.84. The Balaban J connectivity index is 2.49. The molecule has 0 aliphatic carbocycles. The summed E-state index contributed by atoms with van der Waals surface area (Å²) in [6, 6.07) is 21.9. The van der Waals surface area contributed by atoms with Crippen LogP contribution in [-0.2, 0) is 0 Å². The Morgan fingerprint density at radius 1 is 0.750 bits per heavy atom. The van der Waals surface area contributed by atoms with Crippen molar-refractivity contribution in [3.05, 3.63) is 60.7 Å². The van der Waals surface area contributed by atoms with Gasteiger partial charge in [0.05, 0.1) is 0 Å². The molecule has 0 aliphatic rings. The van der Waals surface area contributed by atoms with Crippen molar-refractivity contribution >= 4 is 18.5 Å². The molecule has 20 heavy (non-hydrogen) atoms. The number of nitrogens with two attached hydrogens (primary N) is 1. The smallest absolute Gasteiger partial charge is 0.00866 e. The van der Waals surface area contributed by atoms with Crippen molar-refractivity contribution in [3.8, 4) is 0 Å². The molecule has 2 aromatic carbocycles. The third kappa shape index (κ3) is 3.48. The first-order valence-electron chi connectivity index (χ1n) is 7.26. The average Bonchev–Trinajstić information content (AvgIpc) is 2.45. The Bertz CT molecular complexity index is 460. The van der Waals surface area contributed by atoms with Crippen LogP contribution in [0.3, 0.4) is 0 Å². The van der Waals surface area contributed by atoms with Gasteiger partial charge in [0.15, 0.2) is 0 Å². The van der Waals surface area contributed by atoms with Crippen LogP contribution < -0.4 is 16.3 Å². The van der Waals surface area contributed by atoms with Crippen LogP contribution in [0.2, 0.25) is 0 Å². The quantitative estimate of drug-likeness (QED) is 0.836. The van der Waals surface area contributed by atoms with Gasteiger partial charge in [0.2, 0.25) is 0 Å².